The Labute approximate surface area is 144 Å². The fraction of sp³-hybridized carbons (Fsp3) is 0.200. The van der Waals surface area contributed by atoms with Gasteiger partial charge < -0.3 is 5.32 Å². The molecule has 0 atom stereocenters. The van der Waals surface area contributed by atoms with Crippen molar-refractivity contribution in [1.29, 1.82) is 0 Å². The Morgan fingerprint density at radius 2 is 1.96 bits per heavy atom. The summed E-state index contributed by atoms with van der Waals surface area (Å²) in [5.74, 6) is -1.07. The Kier molecular flexibility index (Phi) is 5.40. The average Bonchev–Trinajstić information content (AvgIpc) is 2.50. The van der Waals surface area contributed by atoms with Crippen LogP contribution in [0, 0.1) is 5.82 Å². The number of anilines is 2. The van der Waals surface area contributed by atoms with Gasteiger partial charge in [0.25, 0.3) is 5.91 Å². The van der Waals surface area contributed by atoms with Crippen LogP contribution in [-0.2, 0) is 10.0 Å². The van der Waals surface area contributed by atoms with E-state index >= 15 is 0 Å². The summed E-state index contributed by atoms with van der Waals surface area (Å²) >= 11 is 5.66. The Hall–Kier alpha value is -2.19. The molecule has 0 saturated carbocycles. The number of benzene rings is 1. The molecule has 0 aliphatic rings. The highest BCUT2D eigenvalue weighted by Gasteiger charge is 2.17. The van der Waals surface area contributed by atoms with Crippen molar-refractivity contribution in [2.75, 3.05) is 10.0 Å². The molecule has 1 heterocycles. The lowest BCUT2D eigenvalue weighted by Gasteiger charge is -2.11. The second kappa shape index (κ2) is 7.14. The Morgan fingerprint density at radius 3 is 2.58 bits per heavy atom. The van der Waals surface area contributed by atoms with Crippen LogP contribution < -0.4 is 10.0 Å². The van der Waals surface area contributed by atoms with Gasteiger partial charge in [0.1, 0.15) is 11.6 Å². The van der Waals surface area contributed by atoms with Crippen molar-refractivity contribution in [3.8, 4) is 0 Å². The molecular weight excluding hydrogens is 357 g/mol. The van der Waals surface area contributed by atoms with E-state index in [2.05, 4.69) is 15.0 Å². The number of nitrogens with zero attached hydrogens (tertiary/aromatic N) is 1. The number of aromatic nitrogens is 1. The SMILES string of the molecule is CC(C)S(=O)(=O)Nc1cc(C(=O)Nc2ccc(F)c(Cl)c2)ccn1. The van der Waals surface area contributed by atoms with Crippen LogP contribution in [0.5, 0.6) is 0 Å². The quantitative estimate of drug-likeness (QED) is 0.844. The predicted octanol–water partition coefficient (Wildman–Crippen LogP) is 3.28. The molecule has 1 aromatic carbocycles. The zero-order valence-corrected chi connectivity index (χ0v) is 14.5. The number of pyridine rings is 1. The maximum Gasteiger partial charge on any atom is 0.255 e. The maximum absolute atomic E-state index is 13.1. The van der Waals surface area contributed by atoms with E-state index in [0.717, 1.165) is 6.07 Å². The molecule has 1 aromatic heterocycles. The molecule has 0 saturated heterocycles. The number of hydrogen-bond donors (Lipinski definition) is 2. The van der Waals surface area contributed by atoms with Gasteiger partial charge in [-0.3, -0.25) is 9.52 Å². The lowest BCUT2D eigenvalue weighted by molar-refractivity contribution is 0.102. The highest BCUT2D eigenvalue weighted by atomic mass is 35.5. The summed E-state index contributed by atoms with van der Waals surface area (Å²) in [5.41, 5.74) is 0.499. The standard InChI is InChI=1S/C15H15ClFN3O3S/c1-9(2)24(22,23)20-14-7-10(5-6-18-14)15(21)19-11-3-4-13(17)12(16)8-11/h3-9H,1-2H3,(H,18,20)(H,19,21). The van der Waals surface area contributed by atoms with Crippen molar-refractivity contribution in [1.82, 2.24) is 4.98 Å². The van der Waals surface area contributed by atoms with Gasteiger partial charge in [-0.1, -0.05) is 11.6 Å². The van der Waals surface area contributed by atoms with Crippen LogP contribution in [0.25, 0.3) is 0 Å². The number of sulfonamides is 1. The Morgan fingerprint density at radius 1 is 1.25 bits per heavy atom. The fourth-order valence-electron chi connectivity index (χ4n) is 1.67. The summed E-state index contributed by atoms with van der Waals surface area (Å²) in [5, 5.41) is 1.79. The normalized spacial score (nSPS) is 11.4. The number of carbonyl (C=O) groups is 1. The number of halogens is 2. The molecule has 9 heteroatoms. The molecule has 6 nitrogen and oxygen atoms in total. The molecule has 2 rings (SSSR count). The van der Waals surface area contributed by atoms with E-state index in [9.17, 15) is 17.6 Å². The minimum absolute atomic E-state index is 0.0356. The minimum atomic E-state index is -3.57. The molecule has 0 bridgehead atoms. The van der Waals surface area contributed by atoms with E-state index in [1.807, 2.05) is 0 Å². The number of hydrogen-bond acceptors (Lipinski definition) is 4. The summed E-state index contributed by atoms with van der Waals surface area (Å²) < 4.78 is 39.1. The first-order valence-corrected chi connectivity index (χ1v) is 8.85. The average molecular weight is 372 g/mol. The summed E-state index contributed by atoms with van der Waals surface area (Å²) in [6, 6.07) is 6.50. The van der Waals surface area contributed by atoms with E-state index in [-0.39, 0.29) is 16.4 Å². The van der Waals surface area contributed by atoms with Gasteiger partial charge in [0.2, 0.25) is 10.0 Å². The third kappa shape index (κ3) is 4.42. The maximum atomic E-state index is 13.1. The van der Waals surface area contributed by atoms with Crippen LogP contribution in [0.4, 0.5) is 15.9 Å². The molecule has 2 N–H and O–H groups in total. The zero-order valence-electron chi connectivity index (χ0n) is 12.9. The van der Waals surface area contributed by atoms with Crippen molar-refractivity contribution in [3.05, 3.63) is 52.9 Å². The topological polar surface area (TPSA) is 88.2 Å². The van der Waals surface area contributed by atoms with Crippen molar-refractivity contribution in [3.63, 3.8) is 0 Å². The molecule has 0 aliphatic carbocycles. The zero-order chi connectivity index (χ0) is 17.9. The molecule has 128 valence electrons. The molecular formula is C15H15ClFN3O3S. The Bertz CT molecular complexity index is 872. The van der Waals surface area contributed by atoms with Crippen molar-refractivity contribution >= 4 is 39.0 Å². The van der Waals surface area contributed by atoms with E-state index < -0.39 is 27.0 Å². The van der Waals surface area contributed by atoms with Crippen LogP contribution >= 0.6 is 11.6 Å². The van der Waals surface area contributed by atoms with Gasteiger partial charge in [0.05, 0.1) is 10.3 Å². The van der Waals surface area contributed by atoms with Crippen LogP contribution in [0.2, 0.25) is 5.02 Å². The molecule has 1 amide bonds. The smallest absolute Gasteiger partial charge is 0.255 e. The number of rotatable bonds is 5. The van der Waals surface area contributed by atoms with Crippen molar-refractivity contribution < 1.29 is 17.6 Å². The van der Waals surface area contributed by atoms with Gasteiger partial charge in [0, 0.05) is 17.4 Å². The summed E-state index contributed by atoms with van der Waals surface area (Å²) in [7, 11) is -3.57. The first kappa shape index (κ1) is 18.2. The number of carbonyl (C=O) groups excluding carboxylic acids is 1. The molecule has 0 aliphatic heterocycles. The number of amides is 1. The molecule has 0 fully saturated rings. The van der Waals surface area contributed by atoms with Crippen LogP contribution in [0.15, 0.2) is 36.5 Å². The first-order chi connectivity index (χ1) is 11.2. The molecule has 0 spiro atoms. The van der Waals surface area contributed by atoms with Crippen molar-refractivity contribution in [2.24, 2.45) is 0 Å². The second-order valence-corrected chi connectivity index (χ2v) is 7.85. The summed E-state index contributed by atoms with van der Waals surface area (Å²) in [6.07, 6.45) is 1.31. The van der Waals surface area contributed by atoms with Crippen LogP contribution in [0.3, 0.4) is 0 Å². The van der Waals surface area contributed by atoms with Crippen molar-refractivity contribution in [2.45, 2.75) is 19.1 Å². The van der Waals surface area contributed by atoms with E-state index in [1.54, 1.807) is 0 Å². The molecule has 0 unspecified atom stereocenters. The van der Waals surface area contributed by atoms with E-state index in [0.29, 0.717) is 5.69 Å². The van der Waals surface area contributed by atoms with Gasteiger partial charge in [0.15, 0.2) is 0 Å². The van der Waals surface area contributed by atoms with Crippen LogP contribution in [0.1, 0.15) is 24.2 Å². The lowest BCUT2D eigenvalue weighted by Crippen LogP contribution is -2.23. The third-order valence-corrected chi connectivity index (χ3v) is 5.09. The highest BCUT2D eigenvalue weighted by Crippen LogP contribution is 2.20. The fourth-order valence-corrected chi connectivity index (χ4v) is 2.49. The van der Waals surface area contributed by atoms with E-state index in [4.69, 9.17) is 11.6 Å². The van der Waals surface area contributed by atoms with Gasteiger partial charge in [-0.25, -0.2) is 17.8 Å². The summed E-state index contributed by atoms with van der Waals surface area (Å²) in [6.45, 7) is 3.05. The molecule has 24 heavy (non-hydrogen) atoms. The molecule has 2 aromatic rings. The Balaban J connectivity index is 2.18. The van der Waals surface area contributed by atoms with Gasteiger partial charge in [-0.2, -0.15) is 0 Å². The minimum Gasteiger partial charge on any atom is -0.322 e. The first-order valence-electron chi connectivity index (χ1n) is 6.93. The van der Waals surface area contributed by atoms with Gasteiger partial charge in [-0.05, 0) is 44.2 Å². The van der Waals surface area contributed by atoms with Gasteiger partial charge in [-0.15, -0.1) is 0 Å². The van der Waals surface area contributed by atoms with Gasteiger partial charge >= 0.3 is 0 Å². The summed E-state index contributed by atoms with van der Waals surface area (Å²) in [4.78, 5) is 16.1. The predicted molar refractivity (Wildman–Crippen MR) is 91.3 cm³/mol. The lowest BCUT2D eigenvalue weighted by atomic mass is 10.2. The van der Waals surface area contributed by atoms with E-state index in [1.165, 1.54) is 44.3 Å². The third-order valence-electron chi connectivity index (χ3n) is 3.07. The largest absolute Gasteiger partial charge is 0.322 e. The number of nitrogens with one attached hydrogen (secondary N) is 2. The second-order valence-electron chi connectivity index (χ2n) is 5.21. The molecule has 0 radical (unpaired) electrons. The monoisotopic (exact) mass is 371 g/mol. The highest BCUT2D eigenvalue weighted by molar-refractivity contribution is 7.93. The van der Waals surface area contributed by atoms with Crippen LogP contribution in [-0.4, -0.2) is 24.6 Å².